The predicted molar refractivity (Wildman–Crippen MR) is 82.5 cm³/mol. The normalized spacial score (nSPS) is 18.8. The predicted octanol–water partition coefficient (Wildman–Crippen LogP) is 3.24. The van der Waals surface area contributed by atoms with Crippen LogP contribution in [0.15, 0.2) is 27.1 Å². The van der Waals surface area contributed by atoms with E-state index in [0.29, 0.717) is 18.7 Å². The molecule has 0 aromatic heterocycles. The number of carbonyl (C=O) groups excluding carboxylic acids is 2. The average Bonchev–Trinajstić information content (AvgIpc) is 2.46. The number of halogens is 2. The van der Waals surface area contributed by atoms with Crippen LogP contribution in [0.1, 0.15) is 23.2 Å². The molecule has 1 atom stereocenters. The molecular weight excluding hydrogens is 390 g/mol. The van der Waals surface area contributed by atoms with Gasteiger partial charge in [0, 0.05) is 22.0 Å². The van der Waals surface area contributed by atoms with Crippen LogP contribution in [0.25, 0.3) is 0 Å². The van der Waals surface area contributed by atoms with E-state index in [1.54, 1.807) is 11.0 Å². The largest absolute Gasteiger partial charge is 0.469 e. The van der Waals surface area contributed by atoms with Crippen LogP contribution in [0.5, 0.6) is 0 Å². The summed E-state index contributed by atoms with van der Waals surface area (Å²) in [6, 6.07) is 5.45. The van der Waals surface area contributed by atoms with Crippen LogP contribution in [0.2, 0.25) is 0 Å². The van der Waals surface area contributed by atoms with E-state index in [-0.39, 0.29) is 17.8 Å². The summed E-state index contributed by atoms with van der Waals surface area (Å²) in [5.41, 5.74) is 0.610. The fourth-order valence-corrected chi connectivity index (χ4v) is 3.57. The molecule has 1 amide bonds. The van der Waals surface area contributed by atoms with E-state index in [2.05, 4.69) is 31.9 Å². The van der Waals surface area contributed by atoms with Crippen LogP contribution in [0.3, 0.4) is 0 Å². The fourth-order valence-electron chi connectivity index (χ4n) is 2.35. The van der Waals surface area contributed by atoms with Crippen LogP contribution < -0.4 is 0 Å². The Kier molecular flexibility index (Phi) is 5.21. The van der Waals surface area contributed by atoms with Gasteiger partial charge in [-0.2, -0.15) is 0 Å². The average molecular weight is 405 g/mol. The zero-order valence-corrected chi connectivity index (χ0v) is 14.2. The Morgan fingerprint density at radius 2 is 2.10 bits per heavy atom. The summed E-state index contributed by atoms with van der Waals surface area (Å²) in [6.07, 6.45) is 1.59. The number of carbonyl (C=O) groups is 2. The van der Waals surface area contributed by atoms with Crippen molar-refractivity contribution < 1.29 is 14.3 Å². The van der Waals surface area contributed by atoms with Gasteiger partial charge in [0.1, 0.15) is 0 Å². The summed E-state index contributed by atoms with van der Waals surface area (Å²) >= 11 is 6.77. The quantitative estimate of drug-likeness (QED) is 0.711. The number of esters is 1. The molecule has 0 spiro atoms. The lowest BCUT2D eigenvalue weighted by atomic mass is 9.97. The summed E-state index contributed by atoms with van der Waals surface area (Å²) in [5, 5.41) is 0. The second-order valence-corrected chi connectivity index (χ2v) is 6.51. The number of hydrogen-bond acceptors (Lipinski definition) is 3. The monoisotopic (exact) mass is 403 g/mol. The summed E-state index contributed by atoms with van der Waals surface area (Å²) in [5.74, 6) is -0.512. The van der Waals surface area contributed by atoms with Crippen molar-refractivity contribution >= 4 is 43.7 Å². The van der Waals surface area contributed by atoms with Crippen LogP contribution in [-0.2, 0) is 9.53 Å². The number of methoxy groups -OCH3 is 1. The van der Waals surface area contributed by atoms with Gasteiger partial charge < -0.3 is 9.64 Å². The third kappa shape index (κ3) is 3.41. The Morgan fingerprint density at radius 1 is 1.35 bits per heavy atom. The molecule has 1 aliphatic rings. The number of amides is 1. The van der Waals surface area contributed by atoms with E-state index >= 15 is 0 Å². The second-order valence-electron chi connectivity index (χ2n) is 4.74. The molecule has 0 saturated carbocycles. The third-order valence-electron chi connectivity index (χ3n) is 3.40. The minimum absolute atomic E-state index is 0.0574. The van der Waals surface area contributed by atoms with Crippen molar-refractivity contribution in [2.45, 2.75) is 12.8 Å². The number of rotatable bonds is 2. The highest BCUT2D eigenvalue weighted by molar-refractivity contribution is 9.11. The van der Waals surface area contributed by atoms with Crippen LogP contribution in [0, 0.1) is 5.92 Å². The zero-order chi connectivity index (χ0) is 14.7. The molecule has 1 aromatic rings. The van der Waals surface area contributed by atoms with E-state index < -0.39 is 0 Å². The van der Waals surface area contributed by atoms with E-state index in [9.17, 15) is 9.59 Å². The van der Waals surface area contributed by atoms with Gasteiger partial charge in [0.25, 0.3) is 5.91 Å². The fraction of sp³-hybridized carbons (Fsp3) is 0.429. The Morgan fingerprint density at radius 3 is 2.75 bits per heavy atom. The number of piperidine rings is 1. The molecule has 1 aliphatic heterocycles. The second kappa shape index (κ2) is 6.72. The van der Waals surface area contributed by atoms with Gasteiger partial charge >= 0.3 is 5.97 Å². The topological polar surface area (TPSA) is 46.6 Å². The van der Waals surface area contributed by atoms with Gasteiger partial charge in [0.05, 0.1) is 18.6 Å². The Hall–Kier alpha value is -0.880. The van der Waals surface area contributed by atoms with Crippen LogP contribution in [-0.4, -0.2) is 37.0 Å². The van der Waals surface area contributed by atoms with Gasteiger partial charge in [-0.1, -0.05) is 15.9 Å². The van der Waals surface area contributed by atoms with Gasteiger partial charge in [-0.3, -0.25) is 9.59 Å². The smallest absolute Gasteiger partial charge is 0.310 e. The molecule has 4 nitrogen and oxygen atoms in total. The Balaban J connectivity index is 2.14. The molecule has 108 valence electrons. The van der Waals surface area contributed by atoms with Crippen molar-refractivity contribution in [2.75, 3.05) is 20.2 Å². The van der Waals surface area contributed by atoms with Crippen molar-refractivity contribution in [1.82, 2.24) is 4.90 Å². The lowest BCUT2D eigenvalue weighted by molar-refractivity contribution is -0.146. The van der Waals surface area contributed by atoms with Gasteiger partial charge in [0.15, 0.2) is 0 Å². The first-order valence-corrected chi connectivity index (χ1v) is 7.93. The number of ether oxygens (including phenoxy) is 1. The van der Waals surface area contributed by atoms with Crippen LogP contribution >= 0.6 is 31.9 Å². The molecule has 0 bridgehead atoms. The highest BCUT2D eigenvalue weighted by Gasteiger charge is 2.30. The maximum absolute atomic E-state index is 12.5. The van der Waals surface area contributed by atoms with E-state index in [4.69, 9.17) is 4.74 Å². The first kappa shape index (κ1) is 15.5. The van der Waals surface area contributed by atoms with Crippen molar-refractivity contribution in [3.05, 3.63) is 32.7 Å². The van der Waals surface area contributed by atoms with Gasteiger partial charge in [-0.15, -0.1) is 0 Å². The molecule has 0 radical (unpaired) electrons. The minimum atomic E-state index is -0.239. The van der Waals surface area contributed by atoms with E-state index in [1.165, 1.54) is 7.11 Å². The highest BCUT2D eigenvalue weighted by Crippen LogP contribution is 2.25. The summed E-state index contributed by atoms with van der Waals surface area (Å²) in [4.78, 5) is 25.8. The van der Waals surface area contributed by atoms with Crippen LogP contribution in [0.4, 0.5) is 0 Å². The number of likely N-dealkylation sites (tertiary alicyclic amines) is 1. The van der Waals surface area contributed by atoms with Crippen molar-refractivity contribution in [3.63, 3.8) is 0 Å². The standard InChI is InChI=1S/C14H15Br2NO3/c1-20-14(19)9-3-2-6-17(8-9)13(18)11-5-4-10(15)7-12(11)16/h4-5,7,9H,2-3,6,8H2,1H3. The molecule has 1 heterocycles. The number of nitrogens with zero attached hydrogens (tertiary/aromatic N) is 1. The first-order chi connectivity index (χ1) is 9.52. The molecule has 1 unspecified atom stereocenters. The summed E-state index contributed by atoms with van der Waals surface area (Å²) in [7, 11) is 1.38. The molecule has 0 N–H and O–H groups in total. The summed E-state index contributed by atoms with van der Waals surface area (Å²) in [6.45, 7) is 1.10. The molecule has 1 saturated heterocycles. The molecule has 6 heteroatoms. The molecule has 2 rings (SSSR count). The molecule has 1 fully saturated rings. The molecule has 0 aliphatic carbocycles. The van der Waals surface area contributed by atoms with Crippen molar-refractivity contribution in [3.8, 4) is 0 Å². The number of hydrogen-bond donors (Lipinski definition) is 0. The van der Waals surface area contributed by atoms with Gasteiger partial charge in [-0.25, -0.2) is 0 Å². The number of benzene rings is 1. The van der Waals surface area contributed by atoms with Gasteiger partial charge in [0.2, 0.25) is 0 Å². The maximum atomic E-state index is 12.5. The first-order valence-electron chi connectivity index (χ1n) is 6.35. The lowest BCUT2D eigenvalue weighted by Gasteiger charge is -2.31. The third-order valence-corrected chi connectivity index (χ3v) is 4.55. The van der Waals surface area contributed by atoms with Crippen molar-refractivity contribution in [2.24, 2.45) is 5.92 Å². The van der Waals surface area contributed by atoms with Crippen molar-refractivity contribution in [1.29, 1.82) is 0 Å². The minimum Gasteiger partial charge on any atom is -0.469 e. The zero-order valence-electron chi connectivity index (χ0n) is 11.1. The molecular formula is C14H15Br2NO3. The molecule has 20 heavy (non-hydrogen) atoms. The lowest BCUT2D eigenvalue weighted by Crippen LogP contribution is -2.42. The Bertz CT molecular complexity index is 533. The maximum Gasteiger partial charge on any atom is 0.310 e. The highest BCUT2D eigenvalue weighted by atomic mass is 79.9. The SMILES string of the molecule is COC(=O)C1CCCN(C(=O)c2ccc(Br)cc2Br)C1. The summed E-state index contributed by atoms with van der Waals surface area (Å²) < 4.78 is 6.43. The van der Waals surface area contributed by atoms with E-state index in [1.807, 2.05) is 12.1 Å². The Labute approximate surface area is 134 Å². The van der Waals surface area contributed by atoms with Gasteiger partial charge in [-0.05, 0) is 47.0 Å². The molecule has 1 aromatic carbocycles. The van der Waals surface area contributed by atoms with E-state index in [0.717, 1.165) is 21.8 Å².